The largest absolute Gasteiger partial charge is 0.418 e. The summed E-state index contributed by atoms with van der Waals surface area (Å²) in [5, 5.41) is 4.50. The third-order valence-corrected chi connectivity index (χ3v) is 3.41. The molecule has 0 fully saturated rings. The average molecular weight is 333 g/mol. The maximum atomic E-state index is 13.1. The van der Waals surface area contributed by atoms with Crippen LogP contribution >= 0.6 is 15.9 Å². The van der Waals surface area contributed by atoms with E-state index in [1.54, 1.807) is 26.0 Å². The van der Waals surface area contributed by atoms with Crippen LogP contribution in [0.15, 0.2) is 24.3 Å². The standard InChI is InChI=1S/C13H12BrF3N2/c1-8-5-9(2)19(18-8)12-4-3-10(7-14)6-11(12)13(15,16)17/h3-6H,7H2,1-2H3. The molecule has 0 aliphatic rings. The Kier molecular flexibility index (Phi) is 3.71. The lowest BCUT2D eigenvalue weighted by atomic mass is 10.1. The van der Waals surface area contributed by atoms with Crippen LogP contribution in [0.25, 0.3) is 5.69 Å². The van der Waals surface area contributed by atoms with E-state index < -0.39 is 11.7 Å². The van der Waals surface area contributed by atoms with Crippen molar-refractivity contribution in [3.8, 4) is 5.69 Å². The normalized spacial score (nSPS) is 11.9. The van der Waals surface area contributed by atoms with E-state index in [4.69, 9.17) is 0 Å². The lowest BCUT2D eigenvalue weighted by Crippen LogP contribution is -2.13. The third-order valence-electron chi connectivity index (χ3n) is 2.76. The first-order chi connectivity index (χ1) is 8.82. The van der Waals surface area contributed by atoms with Gasteiger partial charge in [0.1, 0.15) is 0 Å². The zero-order chi connectivity index (χ0) is 14.2. The molecular weight excluding hydrogens is 321 g/mol. The predicted molar refractivity (Wildman–Crippen MR) is 70.7 cm³/mol. The Bertz CT molecular complexity index is 602. The van der Waals surface area contributed by atoms with Crippen molar-refractivity contribution in [2.45, 2.75) is 25.4 Å². The third kappa shape index (κ3) is 2.83. The summed E-state index contributed by atoms with van der Waals surface area (Å²) in [4.78, 5) is 0. The highest BCUT2D eigenvalue weighted by Gasteiger charge is 2.34. The number of alkyl halides is 4. The number of aryl methyl sites for hydroxylation is 2. The van der Waals surface area contributed by atoms with Gasteiger partial charge in [-0.1, -0.05) is 22.0 Å². The minimum Gasteiger partial charge on any atom is -0.237 e. The van der Waals surface area contributed by atoms with Gasteiger partial charge < -0.3 is 0 Å². The summed E-state index contributed by atoms with van der Waals surface area (Å²) in [6.07, 6.45) is -4.40. The molecule has 0 atom stereocenters. The van der Waals surface area contributed by atoms with Crippen LogP contribution in [-0.4, -0.2) is 9.78 Å². The van der Waals surface area contributed by atoms with Crippen LogP contribution in [0.4, 0.5) is 13.2 Å². The summed E-state index contributed by atoms with van der Waals surface area (Å²) >= 11 is 3.17. The molecule has 0 N–H and O–H groups in total. The molecule has 6 heteroatoms. The van der Waals surface area contributed by atoms with Crippen LogP contribution < -0.4 is 0 Å². The maximum absolute atomic E-state index is 13.1. The van der Waals surface area contributed by atoms with Gasteiger partial charge in [0.15, 0.2) is 0 Å². The van der Waals surface area contributed by atoms with E-state index in [0.29, 0.717) is 22.3 Å². The Balaban J connectivity index is 2.66. The number of hydrogen-bond acceptors (Lipinski definition) is 1. The van der Waals surface area contributed by atoms with Crippen molar-refractivity contribution < 1.29 is 13.2 Å². The van der Waals surface area contributed by atoms with Crippen LogP contribution in [0.5, 0.6) is 0 Å². The molecular formula is C13H12BrF3N2. The summed E-state index contributed by atoms with van der Waals surface area (Å²) in [7, 11) is 0. The zero-order valence-electron chi connectivity index (χ0n) is 10.4. The molecule has 102 valence electrons. The first-order valence-electron chi connectivity index (χ1n) is 5.62. The topological polar surface area (TPSA) is 17.8 Å². The molecule has 0 unspecified atom stereocenters. The van der Waals surface area contributed by atoms with Crippen LogP contribution in [0.3, 0.4) is 0 Å². The summed E-state index contributed by atoms with van der Waals surface area (Å²) in [5.41, 5.74) is 1.33. The average Bonchev–Trinajstić information content (AvgIpc) is 2.66. The second kappa shape index (κ2) is 5.00. The molecule has 0 saturated carbocycles. The van der Waals surface area contributed by atoms with E-state index >= 15 is 0 Å². The molecule has 0 amide bonds. The predicted octanol–water partition coefficient (Wildman–Crippen LogP) is 4.40. The Morgan fingerprint density at radius 1 is 1.21 bits per heavy atom. The summed E-state index contributed by atoms with van der Waals surface area (Å²) in [6, 6.07) is 6.02. The van der Waals surface area contributed by atoms with Gasteiger partial charge in [0.05, 0.1) is 16.9 Å². The van der Waals surface area contributed by atoms with Gasteiger partial charge >= 0.3 is 6.18 Å². The fourth-order valence-corrected chi connectivity index (χ4v) is 2.30. The van der Waals surface area contributed by atoms with Crippen molar-refractivity contribution in [3.05, 3.63) is 46.8 Å². The highest BCUT2D eigenvalue weighted by Crippen LogP contribution is 2.35. The first-order valence-corrected chi connectivity index (χ1v) is 6.75. The second-order valence-electron chi connectivity index (χ2n) is 4.32. The van der Waals surface area contributed by atoms with Crippen molar-refractivity contribution in [1.29, 1.82) is 0 Å². The van der Waals surface area contributed by atoms with E-state index in [0.717, 1.165) is 6.07 Å². The van der Waals surface area contributed by atoms with Crippen LogP contribution in [0.1, 0.15) is 22.5 Å². The summed E-state index contributed by atoms with van der Waals surface area (Å²) < 4.78 is 40.7. The monoisotopic (exact) mass is 332 g/mol. The van der Waals surface area contributed by atoms with Crippen LogP contribution in [-0.2, 0) is 11.5 Å². The molecule has 1 heterocycles. The Morgan fingerprint density at radius 2 is 1.89 bits per heavy atom. The van der Waals surface area contributed by atoms with Crippen molar-refractivity contribution in [1.82, 2.24) is 9.78 Å². The number of nitrogens with zero attached hydrogens (tertiary/aromatic N) is 2. The van der Waals surface area contributed by atoms with Gasteiger partial charge in [-0.2, -0.15) is 18.3 Å². The Morgan fingerprint density at radius 3 is 2.37 bits per heavy atom. The Hall–Kier alpha value is -1.30. The molecule has 0 radical (unpaired) electrons. The Labute approximate surface area is 117 Å². The van der Waals surface area contributed by atoms with E-state index in [-0.39, 0.29) is 5.69 Å². The fraction of sp³-hybridized carbons (Fsp3) is 0.308. The molecule has 2 nitrogen and oxygen atoms in total. The molecule has 2 aromatic rings. The molecule has 0 bridgehead atoms. The highest BCUT2D eigenvalue weighted by molar-refractivity contribution is 9.08. The number of benzene rings is 1. The SMILES string of the molecule is Cc1cc(C)n(-c2ccc(CBr)cc2C(F)(F)F)n1. The highest BCUT2D eigenvalue weighted by atomic mass is 79.9. The lowest BCUT2D eigenvalue weighted by molar-refractivity contribution is -0.137. The first kappa shape index (κ1) is 14.1. The van der Waals surface area contributed by atoms with Gasteiger partial charge in [0.2, 0.25) is 0 Å². The summed E-state index contributed by atoms with van der Waals surface area (Å²) in [6.45, 7) is 3.49. The number of rotatable bonds is 2. The maximum Gasteiger partial charge on any atom is 0.418 e. The molecule has 0 saturated heterocycles. The minimum atomic E-state index is -4.40. The lowest BCUT2D eigenvalue weighted by Gasteiger charge is -2.15. The van der Waals surface area contributed by atoms with Gasteiger partial charge in [-0.15, -0.1) is 0 Å². The van der Waals surface area contributed by atoms with Gasteiger partial charge in [-0.3, -0.25) is 0 Å². The minimum absolute atomic E-state index is 0.0581. The number of halogens is 4. The van der Waals surface area contributed by atoms with Gasteiger partial charge in [-0.25, -0.2) is 4.68 Å². The van der Waals surface area contributed by atoms with E-state index in [1.165, 1.54) is 10.7 Å². The van der Waals surface area contributed by atoms with Crippen molar-refractivity contribution in [3.63, 3.8) is 0 Å². The van der Waals surface area contributed by atoms with Crippen molar-refractivity contribution in [2.24, 2.45) is 0 Å². The van der Waals surface area contributed by atoms with Gasteiger partial charge in [-0.05, 0) is 37.6 Å². The molecule has 0 spiro atoms. The van der Waals surface area contributed by atoms with Crippen molar-refractivity contribution in [2.75, 3.05) is 0 Å². The summed E-state index contributed by atoms with van der Waals surface area (Å²) in [5.74, 6) is 0. The van der Waals surface area contributed by atoms with E-state index in [1.807, 2.05) is 0 Å². The van der Waals surface area contributed by atoms with Gasteiger partial charge in [0, 0.05) is 11.0 Å². The van der Waals surface area contributed by atoms with Crippen LogP contribution in [0, 0.1) is 13.8 Å². The smallest absolute Gasteiger partial charge is 0.237 e. The van der Waals surface area contributed by atoms with Gasteiger partial charge in [0.25, 0.3) is 0 Å². The molecule has 0 aliphatic carbocycles. The zero-order valence-corrected chi connectivity index (χ0v) is 12.0. The van der Waals surface area contributed by atoms with Crippen LogP contribution in [0.2, 0.25) is 0 Å². The van der Waals surface area contributed by atoms with Crippen molar-refractivity contribution >= 4 is 15.9 Å². The molecule has 19 heavy (non-hydrogen) atoms. The number of aromatic nitrogens is 2. The fourth-order valence-electron chi connectivity index (χ4n) is 1.95. The molecule has 2 rings (SSSR count). The molecule has 1 aromatic carbocycles. The second-order valence-corrected chi connectivity index (χ2v) is 4.88. The van der Waals surface area contributed by atoms with E-state index in [9.17, 15) is 13.2 Å². The molecule has 1 aromatic heterocycles. The van der Waals surface area contributed by atoms with E-state index in [2.05, 4.69) is 21.0 Å². The molecule has 0 aliphatic heterocycles. The quantitative estimate of drug-likeness (QED) is 0.745. The number of hydrogen-bond donors (Lipinski definition) is 0.